The van der Waals surface area contributed by atoms with Crippen LogP contribution in [0.4, 0.5) is 5.69 Å². The van der Waals surface area contributed by atoms with E-state index in [0.29, 0.717) is 29.4 Å². The number of hydrogen-bond acceptors (Lipinski definition) is 5. The predicted molar refractivity (Wildman–Crippen MR) is 135 cm³/mol. The Labute approximate surface area is 204 Å². The monoisotopic (exact) mass is 473 g/mol. The van der Waals surface area contributed by atoms with E-state index in [-0.39, 0.29) is 18.4 Å². The van der Waals surface area contributed by atoms with E-state index in [1.54, 1.807) is 16.8 Å². The van der Waals surface area contributed by atoms with Gasteiger partial charge in [-0.05, 0) is 60.7 Å². The maximum absolute atomic E-state index is 13.8. The van der Waals surface area contributed by atoms with Gasteiger partial charge in [-0.3, -0.25) is 14.5 Å². The Morgan fingerprint density at radius 3 is 2.51 bits per heavy atom. The summed E-state index contributed by atoms with van der Waals surface area (Å²) < 4.78 is 7.21. The Morgan fingerprint density at radius 1 is 1.06 bits per heavy atom. The fraction of sp³-hybridized carbons (Fsp3) is 0.333. The lowest BCUT2D eigenvalue weighted by Gasteiger charge is -2.30. The Morgan fingerprint density at radius 2 is 1.83 bits per heavy atom. The number of carbonyl (C=O) groups excluding carboxylic acids is 2. The number of furan rings is 1. The van der Waals surface area contributed by atoms with E-state index in [4.69, 9.17) is 4.42 Å². The molecule has 8 nitrogen and oxygen atoms in total. The van der Waals surface area contributed by atoms with Crippen LogP contribution < -0.4 is 10.2 Å². The van der Waals surface area contributed by atoms with Crippen LogP contribution in [0, 0.1) is 5.92 Å². The molecule has 0 saturated carbocycles. The first-order valence-corrected chi connectivity index (χ1v) is 12.0. The molecule has 8 heteroatoms. The van der Waals surface area contributed by atoms with Gasteiger partial charge in [-0.1, -0.05) is 50.3 Å². The highest BCUT2D eigenvalue weighted by Crippen LogP contribution is 2.29. The number of carbonyl (C=O) groups is 2. The molecule has 1 atom stereocenters. The minimum Gasteiger partial charge on any atom is -0.467 e. The van der Waals surface area contributed by atoms with Crippen LogP contribution in [0.5, 0.6) is 0 Å². The van der Waals surface area contributed by atoms with E-state index in [2.05, 4.69) is 36.4 Å². The molecule has 0 unspecified atom stereocenters. The Hall–Kier alpha value is -3.94. The lowest BCUT2D eigenvalue weighted by atomic mass is 10.1. The molecular weight excluding hydrogens is 442 g/mol. The highest BCUT2D eigenvalue weighted by Gasteiger charge is 2.35. The van der Waals surface area contributed by atoms with Gasteiger partial charge >= 0.3 is 0 Å². The average Bonchev–Trinajstić information content (AvgIpc) is 3.53. The molecule has 0 radical (unpaired) electrons. The van der Waals surface area contributed by atoms with Crippen LogP contribution in [-0.2, 0) is 22.6 Å². The summed E-state index contributed by atoms with van der Waals surface area (Å²) in [5.41, 5.74) is 3.20. The van der Waals surface area contributed by atoms with Crippen LogP contribution in [0.15, 0.2) is 71.3 Å². The maximum atomic E-state index is 13.8. The van der Waals surface area contributed by atoms with Crippen molar-refractivity contribution in [3.8, 4) is 0 Å². The van der Waals surface area contributed by atoms with Gasteiger partial charge in [-0.15, -0.1) is 5.10 Å². The zero-order valence-corrected chi connectivity index (χ0v) is 20.3. The lowest BCUT2D eigenvalue weighted by molar-refractivity contribution is -0.127. The molecule has 2 heterocycles. The van der Waals surface area contributed by atoms with Crippen molar-refractivity contribution >= 4 is 28.5 Å². The van der Waals surface area contributed by atoms with E-state index < -0.39 is 6.04 Å². The Bertz CT molecular complexity index is 1260. The Balaban J connectivity index is 1.72. The van der Waals surface area contributed by atoms with E-state index in [9.17, 15) is 9.59 Å². The molecule has 4 rings (SSSR count). The zero-order chi connectivity index (χ0) is 24.8. The van der Waals surface area contributed by atoms with Crippen LogP contribution in [0.25, 0.3) is 11.0 Å². The molecule has 1 N–H and O–H groups in total. The van der Waals surface area contributed by atoms with Gasteiger partial charge in [-0.2, -0.15) is 0 Å². The van der Waals surface area contributed by atoms with E-state index in [1.165, 1.54) is 11.2 Å². The van der Waals surface area contributed by atoms with Gasteiger partial charge in [0.15, 0.2) is 6.04 Å². The van der Waals surface area contributed by atoms with Gasteiger partial charge in [0.05, 0.1) is 11.8 Å². The summed E-state index contributed by atoms with van der Waals surface area (Å²) in [5.74, 6) is 0.239. The fourth-order valence-electron chi connectivity index (χ4n) is 3.97. The third-order valence-corrected chi connectivity index (χ3v) is 5.94. The van der Waals surface area contributed by atoms with Gasteiger partial charge in [0.1, 0.15) is 17.8 Å². The van der Waals surface area contributed by atoms with Crippen molar-refractivity contribution in [3.05, 3.63) is 78.3 Å². The second-order valence-corrected chi connectivity index (χ2v) is 8.91. The molecule has 2 aromatic carbocycles. The highest BCUT2D eigenvalue weighted by atomic mass is 16.3. The smallest absolute Gasteiger partial charge is 0.251 e. The number of para-hydroxylation sites is 1. The summed E-state index contributed by atoms with van der Waals surface area (Å²) in [5, 5.41) is 11.3. The molecule has 0 aliphatic carbocycles. The maximum Gasteiger partial charge on any atom is 0.251 e. The largest absolute Gasteiger partial charge is 0.467 e. The van der Waals surface area contributed by atoms with Gasteiger partial charge in [-0.25, -0.2) is 4.68 Å². The highest BCUT2D eigenvalue weighted by molar-refractivity contribution is 6.01. The molecule has 182 valence electrons. The molecule has 35 heavy (non-hydrogen) atoms. The minimum absolute atomic E-state index is 0.0769. The SMILES string of the molecule is CCc1ccc(N(C(=O)Cn2nnc3ccccc32)[C@H](C(=O)NCCC(C)C)c2ccco2)cc1. The van der Waals surface area contributed by atoms with Gasteiger partial charge < -0.3 is 9.73 Å². The van der Waals surface area contributed by atoms with E-state index in [0.717, 1.165) is 23.9 Å². The quantitative estimate of drug-likeness (QED) is 0.365. The summed E-state index contributed by atoms with van der Waals surface area (Å²) in [6.45, 7) is 6.71. The topological polar surface area (TPSA) is 93.3 Å². The van der Waals surface area contributed by atoms with Crippen LogP contribution in [0.1, 0.15) is 44.6 Å². The number of nitrogens with one attached hydrogen (secondary N) is 1. The molecule has 0 bridgehead atoms. The van der Waals surface area contributed by atoms with Crippen molar-refractivity contribution in [1.29, 1.82) is 0 Å². The van der Waals surface area contributed by atoms with Crippen molar-refractivity contribution in [3.63, 3.8) is 0 Å². The first-order chi connectivity index (χ1) is 17.0. The molecule has 0 aliphatic heterocycles. The standard InChI is InChI=1S/C27H31N5O3/c1-4-20-11-13-21(14-12-20)32(25(33)18-31-23-9-6-5-8-22(23)29-30-31)26(24-10-7-17-35-24)27(34)28-16-15-19(2)3/h5-14,17,19,26H,4,15-16,18H2,1-3H3,(H,28,34)/t26-/m0/s1. The molecule has 2 amide bonds. The number of aromatic nitrogens is 3. The molecule has 2 aromatic heterocycles. The molecule has 0 saturated heterocycles. The number of hydrogen-bond donors (Lipinski definition) is 1. The number of amides is 2. The van der Waals surface area contributed by atoms with Crippen molar-refractivity contribution < 1.29 is 14.0 Å². The van der Waals surface area contributed by atoms with Gasteiger partial charge in [0.2, 0.25) is 5.91 Å². The van der Waals surface area contributed by atoms with Crippen LogP contribution in [-0.4, -0.2) is 33.4 Å². The zero-order valence-electron chi connectivity index (χ0n) is 20.3. The number of nitrogens with zero attached hydrogens (tertiary/aromatic N) is 4. The number of aryl methyl sites for hydroxylation is 1. The third-order valence-electron chi connectivity index (χ3n) is 5.94. The predicted octanol–water partition coefficient (Wildman–Crippen LogP) is 4.52. The summed E-state index contributed by atoms with van der Waals surface area (Å²) in [6, 6.07) is 17.6. The fourth-order valence-corrected chi connectivity index (χ4v) is 3.97. The molecular formula is C27H31N5O3. The van der Waals surface area contributed by atoms with E-state index >= 15 is 0 Å². The molecule has 4 aromatic rings. The lowest BCUT2D eigenvalue weighted by Crippen LogP contribution is -2.45. The second kappa shape index (κ2) is 11.0. The van der Waals surface area contributed by atoms with Gasteiger partial charge in [0.25, 0.3) is 5.91 Å². The number of benzene rings is 2. The van der Waals surface area contributed by atoms with Crippen LogP contribution >= 0.6 is 0 Å². The summed E-state index contributed by atoms with van der Waals surface area (Å²) in [6.07, 6.45) is 3.22. The second-order valence-electron chi connectivity index (χ2n) is 8.91. The average molecular weight is 474 g/mol. The van der Waals surface area contributed by atoms with Crippen LogP contribution in [0.2, 0.25) is 0 Å². The van der Waals surface area contributed by atoms with E-state index in [1.807, 2.05) is 48.5 Å². The number of anilines is 1. The van der Waals surface area contributed by atoms with Crippen LogP contribution in [0.3, 0.4) is 0 Å². The first-order valence-electron chi connectivity index (χ1n) is 12.0. The van der Waals surface area contributed by atoms with Crippen molar-refractivity contribution in [2.75, 3.05) is 11.4 Å². The molecule has 0 aliphatic rings. The Kier molecular flexibility index (Phi) is 7.60. The van der Waals surface area contributed by atoms with Gasteiger partial charge in [0, 0.05) is 12.2 Å². The van der Waals surface area contributed by atoms with Crippen molar-refractivity contribution in [2.45, 2.75) is 46.2 Å². The number of rotatable bonds is 10. The summed E-state index contributed by atoms with van der Waals surface area (Å²) in [4.78, 5) is 28.8. The van der Waals surface area contributed by atoms with Crippen molar-refractivity contribution in [1.82, 2.24) is 20.3 Å². The normalized spacial score (nSPS) is 12.1. The molecule has 0 spiro atoms. The minimum atomic E-state index is -0.966. The van der Waals surface area contributed by atoms with Crippen molar-refractivity contribution in [2.24, 2.45) is 5.92 Å². The first kappa shape index (κ1) is 24.2. The third kappa shape index (κ3) is 5.59. The summed E-state index contributed by atoms with van der Waals surface area (Å²) >= 11 is 0. The summed E-state index contributed by atoms with van der Waals surface area (Å²) in [7, 11) is 0. The molecule has 0 fully saturated rings. The number of fused-ring (bicyclic) bond motifs is 1.